The zero-order valence-corrected chi connectivity index (χ0v) is 16.3. The van der Waals surface area contributed by atoms with Gasteiger partial charge in [0.15, 0.2) is 0 Å². The Bertz CT molecular complexity index is 1040. The maximum atomic E-state index is 13.4. The van der Waals surface area contributed by atoms with Gasteiger partial charge in [-0.3, -0.25) is 14.3 Å². The third-order valence-electron chi connectivity index (χ3n) is 4.48. The molecule has 0 unspecified atom stereocenters. The summed E-state index contributed by atoms with van der Waals surface area (Å²) in [6.45, 7) is 9.22. The van der Waals surface area contributed by atoms with Gasteiger partial charge in [0.2, 0.25) is 0 Å². The largest absolute Gasteiger partial charge is 0.464 e. The Hall–Kier alpha value is -2.54. The molecular weight excluding hydrogens is 350 g/mol. The SMILES string of the molecule is CCOC(=O)C(C)(C)n1c(-c2ccncc2)nc2sc(C)c(C)c2c1=O. The van der Waals surface area contributed by atoms with Gasteiger partial charge >= 0.3 is 5.97 Å². The smallest absolute Gasteiger partial charge is 0.331 e. The number of nitrogens with zero attached hydrogens (tertiary/aromatic N) is 3. The van der Waals surface area contributed by atoms with Crippen molar-refractivity contribution in [2.75, 3.05) is 6.61 Å². The van der Waals surface area contributed by atoms with Gasteiger partial charge in [0.25, 0.3) is 5.56 Å². The number of hydrogen-bond acceptors (Lipinski definition) is 6. The molecule has 0 radical (unpaired) electrons. The Kier molecular flexibility index (Phi) is 4.66. The minimum Gasteiger partial charge on any atom is -0.464 e. The highest BCUT2D eigenvalue weighted by molar-refractivity contribution is 7.18. The third-order valence-corrected chi connectivity index (χ3v) is 5.58. The van der Waals surface area contributed by atoms with E-state index in [1.54, 1.807) is 45.3 Å². The summed E-state index contributed by atoms with van der Waals surface area (Å²) in [4.78, 5) is 36.5. The molecule has 0 saturated carbocycles. The summed E-state index contributed by atoms with van der Waals surface area (Å²) in [5.74, 6) is -0.0348. The number of carbonyl (C=O) groups excluding carboxylic acids is 1. The molecule has 136 valence electrons. The lowest BCUT2D eigenvalue weighted by Gasteiger charge is -2.27. The molecule has 3 aromatic rings. The summed E-state index contributed by atoms with van der Waals surface area (Å²) in [7, 11) is 0. The maximum absolute atomic E-state index is 13.4. The fourth-order valence-electron chi connectivity index (χ4n) is 2.91. The van der Waals surface area contributed by atoms with E-state index in [0.717, 1.165) is 16.0 Å². The average Bonchev–Trinajstić information content (AvgIpc) is 2.90. The van der Waals surface area contributed by atoms with Crippen molar-refractivity contribution in [2.45, 2.75) is 40.2 Å². The normalized spacial score (nSPS) is 11.7. The zero-order chi connectivity index (χ0) is 19.1. The van der Waals surface area contributed by atoms with Crippen molar-refractivity contribution in [1.29, 1.82) is 0 Å². The van der Waals surface area contributed by atoms with Crippen LogP contribution in [-0.2, 0) is 15.1 Å². The lowest BCUT2D eigenvalue weighted by molar-refractivity contribution is -0.152. The molecule has 6 nitrogen and oxygen atoms in total. The number of pyridine rings is 1. The molecule has 26 heavy (non-hydrogen) atoms. The quantitative estimate of drug-likeness (QED) is 0.657. The first kappa shape index (κ1) is 18.3. The van der Waals surface area contributed by atoms with Crippen molar-refractivity contribution in [3.05, 3.63) is 45.3 Å². The van der Waals surface area contributed by atoms with Crippen molar-refractivity contribution in [3.8, 4) is 11.4 Å². The van der Waals surface area contributed by atoms with Crippen LogP contribution in [0.15, 0.2) is 29.3 Å². The molecule has 0 amide bonds. The summed E-state index contributed by atoms with van der Waals surface area (Å²) in [6, 6.07) is 3.55. The van der Waals surface area contributed by atoms with Crippen LogP contribution in [0.25, 0.3) is 21.6 Å². The van der Waals surface area contributed by atoms with E-state index in [1.807, 2.05) is 13.8 Å². The molecule has 0 aliphatic carbocycles. The van der Waals surface area contributed by atoms with Gasteiger partial charge in [-0.25, -0.2) is 9.78 Å². The topological polar surface area (TPSA) is 74.1 Å². The van der Waals surface area contributed by atoms with E-state index in [0.29, 0.717) is 16.0 Å². The van der Waals surface area contributed by atoms with Gasteiger partial charge < -0.3 is 4.74 Å². The van der Waals surface area contributed by atoms with E-state index in [1.165, 1.54) is 15.9 Å². The Balaban J connectivity index is 2.42. The van der Waals surface area contributed by atoms with Crippen LogP contribution in [0.5, 0.6) is 0 Å². The summed E-state index contributed by atoms with van der Waals surface area (Å²) in [6.07, 6.45) is 3.27. The maximum Gasteiger partial charge on any atom is 0.331 e. The predicted octanol–water partition coefficient (Wildman–Crippen LogP) is 3.44. The number of fused-ring (bicyclic) bond motifs is 1. The lowest BCUT2D eigenvalue weighted by Crippen LogP contribution is -2.45. The Morgan fingerprint density at radius 1 is 1.27 bits per heavy atom. The van der Waals surface area contributed by atoms with Crippen LogP contribution in [0.4, 0.5) is 0 Å². The number of rotatable bonds is 4. The van der Waals surface area contributed by atoms with Crippen LogP contribution >= 0.6 is 11.3 Å². The second-order valence-electron chi connectivity index (χ2n) is 6.55. The van der Waals surface area contributed by atoms with Crippen molar-refractivity contribution < 1.29 is 9.53 Å². The molecule has 3 aromatic heterocycles. The highest BCUT2D eigenvalue weighted by Gasteiger charge is 2.36. The van der Waals surface area contributed by atoms with Crippen molar-refractivity contribution in [1.82, 2.24) is 14.5 Å². The van der Waals surface area contributed by atoms with E-state index in [4.69, 9.17) is 9.72 Å². The van der Waals surface area contributed by atoms with Crippen molar-refractivity contribution in [3.63, 3.8) is 0 Å². The standard InChI is InChI=1S/C19H21N3O3S/c1-6-25-18(24)19(4,5)22-15(13-7-9-20-10-8-13)21-16-14(17(22)23)11(2)12(3)26-16/h7-10H,6H2,1-5H3. The van der Waals surface area contributed by atoms with E-state index in [-0.39, 0.29) is 12.2 Å². The molecule has 0 fully saturated rings. The second-order valence-corrected chi connectivity index (χ2v) is 7.76. The van der Waals surface area contributed by atoms with E-state index < -0.39 is 11.5 Å². The van der Waals surface area contributed by atoms with Gasteiger partial charge in [-0.05, 0) is 52.3 Å². The van der Waals surface area contributed by atoms with Crippen LogP contribution in [0.2, 0.25) is 0 Å². The van der Waals surface area contributed by atoms with Crippen molar-refractivity contribution in [2.24, 2.45) is 0 Å². The monoisotopic (exact) mass is 371 g/mol. The fraction of sp³-hybridized carbons (Fsp3) is 0.368. The molecular formula is C19H21N3O3S. The number of esters is 1. The summed E-state index contributed by atoms with van der Waals surface area (Å²) >= 11 is 1.48. The minimum atomic E-state index is -1.20. The fourth-order valence-corrected chi connectivity index (χ4v) is 3.93. The Labute approximate surface area is 155 Å². The summed E-state index contributed by atoms with van der Waals surface area (Å²) in [5, 5.41) is 0.558. The highest BCUT2D eigenvalue weighted by Crippen LogP contribution is 2.31. The third kappa shape index (κ3) is 2.82. The second kappa shape index (κ2) is 6.64. The summed E-state index contributed by atoms with van der Waals surface area (Å²) < 4.78 is 6.66. The first-order valence-corrected chi connectivity index (χ1v) is 9.21. The lowest BCUT2D eigenvalue weighted by atomic mass is 10.0. The molecule has 0 aromatic carbocycles. The number of thiophene rings is 1. The molecule has 0 N–H and O–H groups in total. The first-order chi connectivity index (χ1) is 12.3. The molecule has 0 aliphatic heterocycles. The predicted molar refractivity (Wildman–Crippen MR) is 103 cm³/mol. The van der Waals surface area contributed by atoms with Gasteiger partial charge in [0, 0.05) is 22.8 Å². The van der Waals surface area contributed by atoms with Gasteiger partial charge in [-0.1, -0.05) is 0 Å². The van der Waals surface area contributed by atoms with Crippen molar-refractivity contribution >= 4 is 27.5 Å². The van der Waals surface area contributed by atoms with Gasteiger partial charge in [-0.2, -0.15) is 0 Å². The van der Waals surface area contributed by atoms with Crippen LogP contribution < -0.4 is 5.56 Å². The van der Waals surface area contributed by atoms with Gasteiger partial charge in [0.05, 0.1) is 12.0 Å². The zero-order valence-electron chi connectivity index (χ0n) is 15.5. The average molecular weight is 371 g/mol. The number of hydrogen-bond donors (Lipinski definition) is 0. The Morgan fingerprint density at radius 3 is 2.54 bits per heavy atom. The van der Waals surface area contributed by atoms with Crippen LogP contribution in [0, 0.1) is 13.8 Å². The molecule has 3 rings (SSSR count). The molecule has 0 aliphatic rings. The van der Waals surface area contributed by atoms with Gasteiger partial charge in [0.1, 0.15) is 16.2 Å². The Morgan fingerprint density at radius 2 is 1.92 bits per heavy atom. The van der Waals surface area contributed by atoms with E-state index >= 15 is 0 Å². The van der Waals surface area contributed by atoms with E-state index in [9.17, 15) is 9.59 Å². The molecule has 0 saturated heterocycles. The van der Waals surface area contributed by atoms with Crippen LogP contribution in [0.3, 0.4) is 0 Å². The number of aryl methyl sites for hydroxylation is 2. The van der Waals surface area contributed by atoms with Gasteiger partial charge in [-0.15, -0.1) is 11.3 Å². The number of ether oxygens (including phenoxy) is 1. The summed E-state index contributed by atoms with van der Waals surface area (Å²) in [5.41, 5.74) is 0.189. The first-order valence-electron chi connectivity index (χ1n) is 8.39. The number of carbonyl (C=O) groups is 1. The number of aromatic nitrogens is 3. The molecule has 3 heterocycles. The minimum absolute atomic E-state index is 0.235. The molecule has 0 bridgehead atoms. The van der Waals surface area contributed by atoms with Crippen LogP contribution in [0.1, 0.15) is 31.2 Å². The molecule has 0 spiro atoms. The molecule has 0 atom stereocenters. The molecule has 7 heteroatoms. The van der Waals surface area contributed by atoms with E-state index in [2.05, 4.69) is 4.98 Å². The highest BCUT2D eigenvalue weighted by atomic mass is 32.1. The van der Waals surface area contributed by atoms with Crippen LogP contribution in [-0.4, -0.2) is 27.1 Å².